The molecule has 7 nitrogen and oxygen atoms in total. The second kappa shape index (κ2) is 8.46. The first-order valence-corrected chi connectivity index (χ1v) is 9.38. The largest absolute Gasteiger partial charge is 0.451 e. The molecule has 1 heterocycles. The van der Waals surface area contributed by atoms with Crippen LogP contribution in [0.4, 0.5) is 11.4 Å². The number of hydrogen-bond donors (Lipinski definition) is 1. The van der Waals surface area contributed by atoms with Crippen molar-refractivity contribution in [3.63, 3.8) is 0 Å². The first-order valence-electron chi connectivity index (χ1n) is 9.38. The van der Waals surface area contributed by atoms with Crippen molar-refractivity contribution in [3.8, 4) is 11.3 Å². The van der Waals surface area contributed by atoms with Gasteiger partial charge >= 0.3 is 0 Å². The standard InChI is InChI=1S/C24H16N2O5/c27-23(16-7-2-1-3-8-16)19-11-4-5-12-20(19)25-24(28)22-14-13-21(31-22)17-9-6-10-18(15-17)26(29)30/h1-15H,(H,25,28). The van der Waals surface area contributed by atoms with Gasteiger partial charge in [0.2, 0.25) is 0 Å². The zero-order chi connectivity index (χ0) is 21.8. The molecule has 0 bridgehead atoms. The Balaban J connectivity index is 1.57. The number of nitrogens with zero attached hydrogens (tertiary/aromatic N) is 1. The van der Waals surface area contributed by atoms with Crippen molar-refractivity contribution in [1.82, 2.24) is 0 Å². The van der Waals surface area contributed by atoms with Gasteiger partial charge in [-0.15, -0.1) is 0 Å². The van der Waals surface area contributed by atoms with E-state index in [9.17, 15) is 19.7 Å². The molecule has 3 aromatic carbocycles. The average Bonchev–Trinajstić information content (AvgIpc) is 3.30. The summed E-state index contributed by atoms with van der Waals surface area (Å²) in [5.74, 6) is -0.413. The number of nitro groups is 1. The molecule has 0 saturated carbocycles. The quantitative estimate of drug-likeness (QED) is 0.262. The fourth-order valence-corrected chi connectivity index (χ4v) is 3.11. The molecule has 152 valence electrons. The predicted molar refractivity (Wildman–Crippen MR) is 115 cm³/mol. The van der Waals surface area contributed by atoms with Crippen LogP contribution in [0.15, 0.2) is 95.4 Å². The minimum absolute atomic E-state index is 0.0171. The molecule has 4 rings (SSSR count). The number of benzene rings is 3. The van der Waals surface area contributed by atoms with Gasteiger partial charge in [-0.25, -0.2) is 0 Å². The third-order valence-corrected chi connectivity index (χ3v) is 4.63. The van der Waals surface area contributed by atoms with E-state index in [1.54, 1.807) is 66.7 Å². The fourth-order valence-electron chi connectivity index (χ4n) is 3.11. The molecule has 0 unspecified atom stereocenters. The van der Waals surface area contributed by atoms with Crippen molar-refractivity contribution in [3.05, 3.63) is 118 Å². The third kappa shape index (κ3) is 4.25. The van der Waals surface area contributed by atoms with Gasteiger partial charge in [-0.05, 0) is 24.3 Å². The molecule has 4 aromatic rings. The summed E-state index contributed by atoms with van der Waals surface area (Å²) < 4.78 is 5.60. The lowest BCUT2D eigenvalue weighted by atomic mass is 10.0. The van der Waals surface area contributed by atoms with E-state index >= 15 is 0 Å². The number of hydrogen-bond acceptors (Lipinski definition) is 5. The number of carbonyl (C=O) groups excluding carboxylic acids is 2. The highest BCUT2D eigenvalue weighted by molar-refractivity contribution is 6.15. The number of para-hydroxylation sites is 1. The lowest BCUT2D eigenvalue weighted by molar-refractivity contribution is -0.384. The summed E-state index contributed by atoms with van der Waals surface area (Å²) >= 11 is 0. The van der Waals surface area contributed by atoms with E-state index < -0.39 is 10.8 Å². The number of nitro benzene ring substituents is 1. The maximum atomic E-state index is 12.8. The van der Waals surface area contributed by atoms with Gasteiger partial charge in [-0.2, -0.15) is 0 Å². The van der Waals surface area contributed by atoms with Crippen molar-refractivity contribution in [2.24, 2.45) is 0 Å². The Hall–Kier alpha value is -4.52. The topological polar surface area (TPSA) is 102 Å². The molecule has 0 fully saturated rings. The summed E-state index contributed by atoms with van der Waals surface area (Å²) in [5.41, 5.74) is 1.62. The van der Waals surface area contributed by atoms with E-state index in [4.69, 9.17) is 4.42 Å². The van der Waals surface area contributed by atoms with Crippen molar-refractivity contribution in [2.75, 3.05) is 5.32 Å². The summed E-state index contributed by atoms with van der Waals surface area (Å²) in [5, 5.41) is 13.7. The average molecular weight is 412 g/mol. The van der Waals surface area contributed by atoms with Gasteiger partial charge in [-0.1, -0.05) is 54.6 Å². The predicted octanol–water partition coefficient (Wildman–Crippen LogP) is 5.34. The van der Waals surface area contributed by atoms with E-state index in [0.29, 0.717) is 28.1 Å². The molecule has 0 aliphatic carbocycles. The van der Waals surface area contributed by atoms with Gasteiger partial charge in [0.25, 0.3) is 11.6 Å². The van der Waals surface area contributed by atoms with Gasteiger partial charge < -0.3 is 9.73 Å². The zero-order valence-corrected chi connectivity index (χ0v) is 16.1. The second-order valence-corrected chi connectivity index (χ2v) is 6.67. The number of nitrogens with one attached hydrogen (secondary N) is 1. The van der Waals surface area contributed by atoms with Gasteiger partial charge in [-0.3, -0.25) is 19.7 Å². The molecule has 0 spiro atoms. The molecule has 1 aromatic heterocycles. The first kappa shape index (κ1) is 19.8. The minimum atomic E-state index is -0.537. The number of non-ortho nitro benzene ring substituents is 1. The first-order chi connectivity index (χ1) is 15.0. The smallest absolute Gasteiger partial charge is 0.291 e. The van der Waals surface area contributed by atoms with Gasteiger partial charge in [0.15, 0.2) is 11.5 Å². The van der Waals surface area contributed by atoms with Crippen molar-refractivity contribution >= 4 is 23.1 Å². The van der Waals surface area contributed by atoms with E-state index in [1.165, 1.54) is 18.2 Å². The summed E-state index contributed by atoms with van der Waals surface area (Å²) in [6.45, 7) is 0. The number of ketones is 1. The zero-order valence-electron chi connectivity index (χ0n) is 16.1. The minimum Gasteiger partial charge on any atom is -0.451 e. The van der Waals surface area contributed by atoms with E-state index in [0.717, 1.165) is 0 Å². The highest BCUT2D eigenvalue weighted by Gasteiger charge is 2.18. The highest BCUT2D eigenvalue weighted by Crippen LogP contribution is 2.27. The molecule has 31 heavy (non-hydrogen) atoms. The Morgan fingerprint density at radius 2 is 1.58 bits per heavy atom. The molecular formula is C24H16N2O5. The Bertz CT molecular complexity index is 1280. The van der Waals surface area contributed by atoms with Crippen molar-refractivity contribution in [2.45, 2.75) is 0 Å². The van der Waals surface area contributed by atoms with Gasteiger partial charge in [0.1, 0.15) is 5.76 Å². The molecule has 1 N–H and O–H groups in total. The lowest BCUT2D eigenvalue weighted by Crippen LogP contribution is -2.14. The maximum absolute atomic E-state index is 12.8. The number of anilines is 1. The molecule has 0 saturated heterocycles. The molecule has 0 radical (unpaired) electrons. The molecule has 0 aliphatic heterocycles. The van der Waals surface area contributed by atoms with E-state index in [-0.39, 0.29) is 17.2 Å². The van der Waals surface area contributed by atoms with Crippen molar-refractivity contribution < 1.29 is 18.9 Å². The Kier molecular flexibility index (Phi) is 5.40. The SMILES string of the molecule is O=C(Nc1ccccc1C(=O)c1ccccc1)c1ccc(-c2cccc([N+](=O)[O-])c2)o1. The van der Waals surface area contributed by atoms with Crippen LogP contribution in [-0.2, 0) is 0 Å². The van der Waals surface area contributed by atoms with E-state index in [2.05, 4.69) is 5.32 Å². The van der Waals surface area contributed by atoms with Crippen LogP contribution in [0.3, 0.4) is 0 Å². The molecule has 7 heteroatoms. The number of furan rings is 1. The van der Waals surface area contributed by atoms with Crippen molar-refractivity contribution in [1.29, 1.82) is 0 Å². The van der Waals surface area contributed by atoms with Crippen LogP contribution in [0.1, 0.15) is 26.5 Å². The number of carbonyl (C=O) groups is 2. The summed E-state index contributed by atoms with van der Waals surface area (Å²) in [7, 11) is 0. The summed E-state index contributed by atoms with van der Waals surface area (Å²) in [4.78, 5) is 36.0. The van der Waals surface area contributed by atoms with Crippen LogP contribution in [0.2, 0.25) is 0 Å². The van der Waals surface area contributed by atoms with Crippen LogP contribution < -0.4 is 5.32 Å². The summed E-state index contributed by atoms with van der Waals surface area (Å²) in [6.07, 6.45) is 0. The molecule has 1 amide bonds. The fraction of sp³-hybridized carbons (Fsp3) is 0. The van der Waals surface area contributed by atoms with E-state index in [1.807, 2.05) is 6.07 Å². The van der Waals surface area contributed by atoms with Crippen LogP contribution in [0, 0.1) is 10.1 Å². The van der Waals surface area contributed by atoms with Crippen LogP contribution >= 0.6 is 0 Å². The third-order valence-electron chi connectivity index (χ3n) is 4.63. The summed E-state index contributed by atoms with van der Waals surface area (Å²) in [6, 6.07) is 24.5. The Morgan fingerprint density at radius 3 is 2.35 bits per heavy atom. The van der Waals surface area contributed by atoms with Gasteiger partial charge in [0, 0.05) is 28.8 Å². The number of amides is 1. The molecule has 0 atom stereocenters. The normalized spacial score (nSPS) is 10.5. The lowest BCUT2D eigenvalue weighted by Gasteiger charge is -2.09. The van der Waals surface area contributed by atoms with Crippen LogP contribution in [0.25, 0.3) is 11.3 Å². The highest BCUT2D eigenvalue weighted by atomic mass is 16.6. The maximum Gasteiger partial charge on any atom is 0.291 e. The Labute approximate surface area is 177 Å². The second-order valence-electron chi connectivity index (χ2n) is 6.67. The van der Waals surface area contributed by atoms with Gasteiger partial charge in [0.05, 0.1) is 10.6 Å². The monoisotopic (exact) mass is 412 g/mol. The molecule has 0 aliphatic rings. The van der Waals surface area contributed by atoms with Crippen LogP contribution in [0.5, 0.6) is 0 Å². The Morgan fingerprint density at radius 1 is 0.839 bits per heavy atom. The number of rotatable bonds is 6. The van der Waals surface area contributed by atoms with Crippen LogP contribution in [-0.4, -0.2) is 16.6 Å². The molecular weight excluding hydrogens is 396 g/mol.